The average molecular weight is 379 g/mol. The zero-order valence-corrected chi connectivity index (χ0v) is 16.4. The molecule has 3 atom stereocenters. The fourth-order valence-electron chi connectivity index (χ4n) is 5.83. The van der Waals surface area contributed by atoms with Crippen molar-refractivity contribution in [2.45, 2.75) is 94.8 Å². The molecule has 2 heterocycles. The highest BCUT2D eigenvalue weighted by Gasteiger charge is 2.46. The maximum absolute atomic E-state index is 6.44. The van der Waals surface area contributed by atoms with Crippen molar-refractivity contribution in [2.24, 2.45) is 11.3 Å². The summed E-state index contributed by atoms with van der Waals surface area (Å²) in [6.07, 6.45) is 13.9. The Kier molecular flexibility index (Phi) is 4.37. The molecule has 2 bridgehead atoms. The number of hydrogen-bond acceptors (Lipinski definition) is 4. The van der Waals surface area contributed by atoms with Gasteiger partial charge in [-0.25, -0.2) is 0 Å². The van der Waals surface area contributed by atoms with Gasteiger partial charge in [-0.15, -0.1) is 12.4 Å². The Morgan fingerprint density at radius 3 is 2.46 bits per heavy atom. The molecule has 1 saturated heterocycles. The highest BCUT2D eigenvalue weighted by molar-refractivity contribution is 5.85. The summed E-state index contributed by atoms with van der Waals surface area (Å²) < 4.78 is 12.3. The van der Waals surface area contributed by atoms with Gasteiger partial charge in [0.15, 0.2) is 0 Å². The first-order valence-corrected chi connectivity index (χ1v) is 10.6. The SMILES string of the molecule is C(O[C@@H]1C[C@@H]2C[C@H]1CN2)c1c(C2CCC3(CC2)CC3)noc1C1CC1.Cl. The monoisotopic (exact) mass is 378 g/mol. The van der Waals surface area contributed by atoms with Crippen LogP contribution in [0.5, 0.6) is 0 Å². The van der Waals surface area contributed by atoms with Crippen molar-refractivity contribution >= 4 is 12.4 Å². The zero-order chi connectivity index (χ0) is 16.4. The first kappa shape index (κ1) is 17.5. The maximum Gasteiger partial charge on any atom is 0.145 e. The Hall–Kier alpha value is -0.580. The number of rotatable bonds is 5. The van der Waals surface area contributed by atoms with Crippen LogP contribution in [-0.2, 0) is 11.3 Å². The number of piperidine rings is 1. The van der Waals surface area contributed by atoms with Gasteiger partial charge in [-0.05, 0) is 75.5 Å². The topological polar surface area (TPSA) is 47.3 Å². The molecule has 1 N–H and O–H groups in total. The van der Waals surface area contributed by atoms with Gasteiger partial charge in [0.2, 0.25) is 0 Å². The van der Waals surface area contributed by atoms with Crippen molar-refractivity contribution in [1.82, 2.24) is 10.5 Å². The molecule has 5 aliphatic rings. The predicted octanol–water partition coefficient (Wildman–Crippen LogP) is 4.68. The summed E-state index contributed by atoms with van der Waals surface area (Å²) in [5.74, 6) is 3.13. The van der Waals surface area contributed by atoms with Crippen LogP contribution in [0.1, 0.15) is 93.1 Å². The van der Waals surface area contributed by atoms with Crippen molar-refractivity contribution in [3.05, 3.63) is 17.0 Å². The van der Waals surface area contributed by atoms with E-state index in [2.05, 4.69) is 10.5 Å². The molecule has 0 aromatic carbocycles. The molecule has 26 heavy (non-hydrogen) atoms. The summed E-state index contributed by atoms with van der Waals surface area (Å²) in [7, 11) is 0. The molecule has 5 fully saturated rings. The minimum atomic E-state index is 0. The van der Waals surface area contributed by atoms with Gasteiger partial charge in [0, 0.05) is 30.0 Å². The third-order valence-corrected chi connectivity index (χ3v) is 7.93. The van der Waals surface area contributed by atoms with Gasteiger partial charge in [0.25, 0.3) is 0 Å². The quantitative estimate of drug-likeness (QED) is 0.808. The standard InChI is InChI=1S/C21H30N2O2.ClH/c1-2-14(1)20-17(12-24-18-10-16-9-15(18)11-22-16)19(23-25-20)13-3-5-21(6-4-13)7-8-21;/h13-16,18,22H,1-12H2;1H/t15-,16-,18+;/m0./s1. The van der Waals surface area contributed by atoms with Gasteiger partial charge in [-0.2, -0.15) is 0 Å². The Labute approximate surface area is 162 Å². The first-order valence-electron chi connectivity index (χ1n) is 10.6. The van der Waals surface area contributed by atoms with Crippen LogP contribution in [0.25, 0.3) is 0 Å². The van der Waals surface area contributed by atoms with E-state index in [-0.39, 0.29) is 12.4 Å². The van der Waals surface area contributed by atoms with Crippen LogP contribution >= 0.6 is 12.4 Å². The van der Waals surface area contributed by atoms with Gasteiger partial charge in [-0.3, -0.25) is 0 Å². The number of hydrogen-bond donors (Lipinski definition) is 1. The van der Waals surface area contributed by atoms with E-state index >= 15 is 0 Å². The summed E-state index contributed by atoms with van der Waals surface area (Å²) in [5, 5.41) is 8.18. The molecule has 4 saturated carbocycles. The third-order valence-electron chi connectivity index (χ3n) is 7.93. The molecule has 4 aliphatic carbocycles. The second-order valence-corrected chi connectivity index (χ2v) is 9.65. The molecule has 1 aromatic heterocycles. The van der Waals surface area contributed by atoms with E-state index in [1.807, 2.05) is 0 Å². The zero-order valence-electron chi connectivity index (χ0n) is 15.5. The lowest BCUT2D eigenvalue weighted by Crippen LogP contribution is -2.34. The molecule has 0 amide bonds. The van der Waals surface area contributed by atoms with E-state index in [1.165, 1.54) is 81.2 Å². The van der Waals surface area contributed by atoms with Crippen LogP contribution in [0, 0.1) is 11.3 Å². The Morgan fingerprint density at radius 2 is 1.85 bits per heavy atom. The van der Waals surface area contributed by atoms with Crippen LogP contribution in [0.15, 0.2) is 4.52 Å². The molecule has 0 unspecified atom stereocenters. The summed E-state index contributed by atoms with van der Waals surface area (Å²) in [5.41, 5.74) is 3.35. The van der Waals surface area contributed by atoms with Crippen molar-refractivity contribution in [3.63, 3.8) is 0 Å². The summed E-state index contributed by atoms with van der Waals surface area (Å²) in [4.78, 5) is 0. The van der Waals surface area contributed by atoms with Crippen molar-refractivity contribution in [2.75, 3.05) is 6.54 Å². The maximum atomic E-state index is 6.44. The van der Waals surface area contributed by atoms with Gasteiger partial charge in [-0.1, -0.05) is 5.16 Å². The molecule has 0 radical (unpaired) electrons. The number of nitrogens with zero attached hydrogens (tertiary/aromatic N) is 1. The number of nitrogens with one attached hydrogen (secondary N) is 1. The number of halogens is 1. The van der Waals surface area contributed by atoms with E-state index in [0.717, 1.165) is 24.5 Å². The van der Waals surface area contributed by atoms with Crippen LogP contribution in [0.2, 0.25) is 0 Å². The van der Waals surface area contributed by atoms with Crippen LogP contribution in [-0.4, -0.2) is 23.8 Å². The Bertz CT molecular complexity index is 657. The lowest BCUT2D eigenvalue weighted by atomic mass is 9.77. The second-order valence-electron chi connectivity index (χ2n) is 9.65. The predicted molar refractivity (Wildman–Crippen MR) is 102 cm³/mol. The van der Waals surface area contributed by atoms with Gasteiger partial charge in [0.1, 0.15) is 5.76 Å². The Morgan fingerprint density at radius 1 is 1.04 bits per heavy atom. The normalized spacial score (nSPS) is 35.0. The number of fused-ring (bicyclic) bond motifs is 2. The number of ether oxygens (including phenoxy) is 1. The minimum absolute atomic E-state index is 0. The van der Waals surface area contributed by atoms with Crippen molar-refractivity contribution in [1.29, 1.82) is 0 Å². The fraction of sp³-hybridized carbons (Fsp3) is 0.857. The van der Waals surface area contributed by atoms with Crippen molar-refractivity contribution < 1.29 is 9.26 Å². The van der Waals surface area contributed by atoms with Crippen LogP contribution in [0.4, 0.5) is 0 Å². The highest BCUT2D eigenvalue weighted by Crippen LogP contribution is 2.59. The molecule has 1 spiro atoms. The van der Waals surface area contributed by atoms with E-state index in [0.29, 0.717) is 24.0 Å². The molecule has 144 valence electrons. The lowest BCUT2D eigenvalue weighted by Gasteiger charge is -2.28. The second kappa shape index (κ2) is 6.49. The van der Waals surface area contributed by atoms with E-state index in [4.69, 9.17) is 9.26 Å². The van der Waals surface area contributed by atoms with E-state index in [1.54, 1.807) is 0 Å². The minimum Gasteiger partial charge on any atom is -0.373 e. The van der Waals surface area contributed by atoms with Crippen LogP contribution in [0.3, 0.4) is 0 Å². The Balaban J connectivity index is 0.00000150. The smallest absolute Gasteiger partial charge is 0.145 e. The number of aromatic nitrogens is 1. The fourth-order valence-corrected chi connectivity index (χ4v) is 5.83. The lowest BCUT2D eigenvalue weighted by molar-refractivity contribution is 0.00849. The molecular weight excluding hydrogens is 348 g/mol. The molecule has 1 aromatic rings. The van der Waals surface area contributed by atoms with E-state index < -0.39 is 0 Å². The molecule has 6 rings (SSSR count). The first-order chi connectivity index (χ1) is 12.3. The molecule has 1 aliphatic heterocycles. The third kappa shape index (κ3) is 3.02. The van der Waals surface area contributed by atoms with Crippen LogP contribution < -0.4 is 5.32 Å². The van der Waals surface area contributed by atoms with E-state index in [9.17, 15) is 0 Å². The summed E-state index contributed by atoms with van der Waals surface area (Å²) in [6, 6.07) is 0.702. The molecular formula is C21H31ClN2O2. The molecule has 5 heteroatoms. The van der Waals surface area contributed by atoms with Gasteiger partial charge < -0.3 is 14.6 Å². The largest absolute Gasteiger partial charge is 0.373 e. The molecule has 4 nitrogen and oxygen atoms in total. The van der Waals surface area contributed by atoms with Gasteiger partial charge in [0.05, 0.1) is 18.4 Å². The highest BCUT2D eigenvalue weighted by atomic mass is 35.5. The summed E-state index contributed by atoms with van der Waals surface area (Å²) in [6.45, 7) is 1.88. The van der Waals surface area contributed by atoms with Gasteiger partial charge >= 0.3 is 0 Å². The van der Waals surface area contributed by atoms with Crippen molar-refractivity contribution in [3.8, 4) is 0 Å². The summed E-state index contributed by atoms with van der Waals surface area (Å²) >= 11 is 0. The average Bonchev–Trinajstić information content (AvgIpc) is 3.48.